The zero-order valence-corrected chi connectivity index (χ0v) is 16.8. The number of aryl methyl sites for hydroxylation is 1. The van der Waals surface area contributed by atoms with Crippen molar-refractivity contribution < 1.29 is 14.3 Å². The summed E-state index contributed by atoms with van der Waals surface area (Å²) in [6.07, 6.45) is 0.792. The first kappa shape index (κ1) is 18.8. The smallest absolute Gasteiger partial charge is 0.340 e. The second-order valence-corrected chi connectivity index (χ2v) is 7.83. The molecule has 6 nitrogen and oxygen atoms in total. The van der Waals surface area contributed by atoms with E-state index in [1.807, 2.05) is 12.3 Å². The number of halogens is 1. The standard InChI is InChI=1S/C14H14BrN3O3S3/c1-3-8-5-9(13(20)21-2)12(24-8)16-14(22)18-17-11(19)10-4-7(15)6-23-10/h4-6H,3H2,1-2H3,(H,17,19)(H2,16,18,22). The molecule has 0 aliphatic heterocycles. The Balaban J connectivity index is 1.98. The fourth-order valence-corrected chi connectivity index (χ4v) is 4.24. The van der Waals surface area contributed by atoms with Crippen molar-refractivity contribution in [3.05, 3.63) is 37.3 Å². The highest BCUT2D eigenvalue weighted by Crippen LogP contribution is 2.29. The highest BCUT2D eigenvalue weighted by Gasteiger charge is 2.17. The maximum absolute atomic E-state index is 11.9. The number of rotatable bonds is 4. The predicted octanol–water partition coefficient (Wildman–Crippen LogP) is 3.55. The number of hydrazine groups is 1. The van der Waals surface area contributed by atoms with E-state index in [4.69, 9.17) is 17.0 Å². The fraction of sp³-hybridized carbons (Fsp3) is 0.214. The molecule has 2 aromatic heterocycles. The Morgan fingerprint density at radius 1 is 1.33 bits per heavy atom. The average Bonchev–Trinajstić information content (AvgIpc) is 3.18. The number of nitrogens with one attached hydrogen (secondary N) is 3. The van der Waals surface area contributed by atoms with Gasteiger partial charge in [-0.05, 0) is 46.7 Å². The Kier molecular flexibility index (Phi) is 6.72. The summed E-state index contributed by atoms with van der Waals surface area (Å²) in [6, 6.07) is 3.48. The molecule has 0 radical (unpaired) electrons. The van der Waals surface area contributed by atoms with E-state index >= 15 is 0 Å². The van der Waals surface area contributed by atoms with Gasteiger partial charge < -0.3 is 10.1 Å². The van der Waals surface area contributed by atoms with Crippen molar-refractivity contribution in [1.82, 2.24) is 10.9 Å². The number of thiophene rings is 2. The average molecular weight is 448 g/mol. The zero-order valence-electron chi connectivity index (χ0n) is 12.8. The number of thiocarbonyl (C=S) groups is 1. The Hall–Kier alpha value is -1.49. The van der Waals surface area contributed by atoms with Crippen molar-refractivity contribution in [2.45, 2.75) is 13.3 Å². The summed E-state index contributed by atoms with van der Waals surface area (Å²) in [5.41, 5.74) is 5.53. The molecule has 2 rings (SSSR count). The quantitative estimate of drug-likeness (QED) is 0.377. The molecule has 0 atom stereocenters. The number of anilines is 1. The summed E-state index contributed by atoms with van der Waals surface area (Å²) >= 11 is 11.2. The topological polar surface area (TPSA) is 79.5 Å². The molecule has 0 aliphatic rings. The molecule has 128 valence electrons. The van der Waals surface area contributed by atoms with Crippen LogP contribution in [0.4, 0.5) is 5.00 Å². The van der Waals surface area contributed by atoms with Gasteiger partial charge in [-0.2, -0.15) is 0 Å². The molecule has 2 aromatic rings. The van der Waals surface area contributed by atoms with Gasteiger partial charge in [0.2, 0.25) is 0 Å². The van der Waals surface area contributed by atoms with E-state index in [1.54, 1.807) is 12.1 Å². The van der Waals surface area contributed by atoms with E-state index in [9.17, 15) is 9.59 Å². The third kappa shape index (κ3) is 4.76. The second-order valence-electron chi connectivity index (χ2n) is 4.46. The monoisotopic (exact) mass is 447 g/mol. The molecule has 0 spiro atoms. The molecule has 2 heterocycles. The number of carbonyl (C=O) groups is 2. The van der Waals surface area contributed by atoms with Crippen LogP contribution in [-0.4, -0.2) is 24.1 Å². The van der Waals surface area contributed by atoms with Gasteiger partial charge in [0.25, 0.3) is 5.91 Å². The first-order chi connectivity index (χ1) is 11.4. The van der Waals surface area contributed by atoms with Gasteiger partial charge in [-0.15, -0.1) is 22.7 Å². The lowest BCUT2D eigenvalue weighted by molar-refractivity contribution is 0.0602. The molecular weight excluding hydrogens is 434 g/mol. The van der Waals surface area contributed by atoms with E-state index in [1.165, 1.54) is 29.8 Å². The van der Waals surface area contributed by atoms with Gasteiger partial charge in [-0.25, -0.2) is 4.79 Å². The SMILES string of the molecule is CCc1cc(C(=O)OC)c(NC(=S)NNC(=O)c2cc(Br)cs2)s1. The van der Waals surface area contributed by atoms with Crippen molar-refractivity contribution >= 4 is 72.8 Å². The molecule has 0 fully saturated rings. The Bertz CT molecular complexity index is 772. The number of amides is 1. The highest BCUT2D eigenvalue weighted by molar-refractivity contribution is 9.10. The third-order valence-corrected chi connectivity index (χ3v) is 5.93. The molecule has 0 aliphatic carbocycles. The third-order valence-electron chi connectivity index (χ3n) is 2.84. The van der Waals surface area contributed by atoms with Crippen LogP contribution in [0.5, 0.6) is 0 Å². The van der Waals surface area contributed by atoms with E-state index in [2.05, 4.69) is 32.1 Å². The van der Waals surface area contributed by atoms with Gasteiger partial charge in [0.15, 0.2) is 5.11 Å². The number of methoxy groups -OCH3 is 1. The number of hydrogen-bond acceptors (Lipinski definition) is 6. The molecule has 10 heteroatoms. The fourth-order valence-electron chi connectivity index (χ4n) is 1.71. The van der Waals surface area contributed by atoms with Gasteiger partial charge in [0, 0.05) is 14.7 Å². The summed E-state index contributed by atoms with van der Waals surface area (Å²) in [5.74, 6) is -0.743. The Morgan fingerprint density at radius 3 is 2.67 bits per heavy atom. The molecule has 0 aromatic carbocycles. The van der Waals surface area contributed by atoms with Gasteiger partial charge >= 0.3 is 5.97 Å². The summed E-state index contributed by atoms with van der Waals surface area (Å²) in [6.45, 7) is 1.99. The molecule has 1 amide bonds. The minimum absolute atomic E-state index is 0.175. The van der Waals surface area contributed by atoms with E-state index < -0.39 is 5.97 Å². The van der Waals surface area contributed by atoms with E-state index in [-0.39, 0.29) is 11.0 Å². The van der Waals surface area contributed by atoms with Crippen LogP contribution in [0.15, 0.2) is 22.0 Å². The van der Waals surface area contributed by atoms with Crippen molar-refractivity contribution in [2.75, 3.05) is 12.4 Å². The normalized spacial score (nSPS) is 10.1. The number of esters is 1. The minimum atomic E-state index is -0.441. The van der Waals surface area contributed by atoms with Crippen molar-refractivity contribution in [2.24, 2.45) is 0 Å². The van der Waals surface area contributed by atoms with Crippen LogP contribution in [0.3, 0.4) is 0 Å². The Labute approximate surface area is 160 Å². The first-order valence-corrected chi connectivity index (χ1v) is 9.66. The van der Waals surface area contributed by atoms with Crippen LogP contribution in [0.1, 0.15) is 31.8 Å². The lowest BCUT2D eigenvalue weighted by Gasteiger charge is -2.10. The molecule has 0 unspecified atom stereocenters. The maximum Gasteiger partial charge on any atom is 0.340 e. The predicted molar refractivity (Wildman–Crippen MR) is 104 cm³/mol. The highest BCUT2D eigenvalue weighted by atomic mass is 79.9. The van der Waals surface area contributed by atoms with E-state index in [0.717, 1.165) is 15.8 Å². The first-order valence-electron chi connectivity index (χ1n) is 6.77. The van der Waals surface area contributed by atoms with Crippen LogP contribution >= 0.6 is 50.8 Å². The summed E-state index contributed by atoms with van der Waals surface area (Å²) in [5, 5.41) is 5.47. The zero-order chi connectivity index (χ0) is 17.7. The van der Waals surface area contributed by atoms with Crippen LogP contribution < -0.4 is 16.2 Å². The Morgan fingerprint density at radius 2 is 2.08 bits per heavy atom. The molecular formula is C14H14BrN3O3S3. The largest absolute Gasteiger partial charge is 0.465 e. The molecule has 0 saturated heterocycles. The van der Waals surface area contributed by atoms with Gasteiger partial charge in [-0.1, -0.05) is 6.92 Å². The molecule has 3 N–H and O–H groups in total. The van der Waals surface area contributed by atoms with Crippen LogP contribution in [0, 0.1) is 0 Å². The van der Waals surface area contributed by atoms with Gasteiger partial charge in [0.1, 0.15) is 5.00 Å². The van der Waals surface area contributed by atoms with Crippen molar-refractivity contribution in [3.8, 4) is 0 Å². The number of carbonyl (C=O) groups excluding carboxylic acids is 2. The summed E-state index contributed by atoms with van der Waals surface area (Å²) in [4.78, 5) is 25.3. The summed E-state index contributed by atoms with van der Waals surface area (Å²) < 4.78 is 5.61. The lowest BCUT2D eigenvalue weighted by Crippen LogP contribution is -2.43. The van der Waals surface area contributed by atoms with Crippen LogP contribution in [0.2, 0.25) is 0 Å². The summed E-state index contributed by atoms with van der Waals surface area (Å²) in [7, 11) is 1.32. The minimum Gasteiger partial charge on any atom is -0.465 e. The van der Waals surface area contributed by atoms with Crippen molar-refractivity contribution in [3.63, 3.8) is 0 Å². The van der Waals surface area contributed by atoms with Crippen LogP contribution in [0.25, 0.3) is 0 Å². The maximum atomic E-state index is 11.9. The van der Waals surface area contributed by atoms with E-state index in [0.29, 0.717) is 15.4 Å². The van der Waals surface area contributed by atoms with Gasteiger partial charge in [0.05, 0.1) is 17.6 Å². The molecule has 0 bridgehead atoms. The number of hydrogen-bond donors (Lipinski definition) is 3. The molecule has 0 saturated carbocycles. The van der Waals surface area contributed by atoms with Crippen LogP contribution in [-0.2, 0) is 11.2 Å². The van der Waals surface area contributed by atoms with Crippen molar-refractivity contribution in [1.29, 1.82) is 0 Å². The van der Waals surface area contributed by atoms with Gasteiger partial charge in [-0.3, -0.25) is 15.6 Å². The number of ether oxygens (including phenoxy) is 1. The second kappa shape index (κ2) is 8.56. The lowest BCUT2D eigenvalue weighted by atomic mass is 10.2. The molecule has 24 heavy (non-hydrogen) atoms.